The van der Waals surface area contributed by atoms with E-state index in [1.807, 2.05) is 30.3 Å². The van der Waals surface area contributed by atoms with Crippen molar-refractivity contribution in [2.45, 2.75) is 25.8 Å². The minimum absolute atomic E-state index is 0.0216. The molecule has 0 aliphatic heterocycles. The van der Waals surface area contributed by atoms with Crippen molar-refractivity contribution < 1.29 is 14.1 Å². The number of aromatic nitrogens is 2. The molecule has 1 aromatic carbocycles. The quantitative estimate of drug-likeness (QED) is 0.796. The number of hydrogen-bond donors (Lipinski definition) is 2. The van der Waals surface area contributed by atoms with E-state index >= 15 is 0 Å². The molecule has 0 unspecified atom stereocenters. The molecule has 2 aromatic rings. The summed E-state index contributed by atoms with van der Waals surface area (Å²) in [4.78, 5) is 27.6. The van der Waals surface area contributed by atoms with Gasteiger partial charge in [-0.25, -0.2) is 0 Å². The third kappa shape index (κ3) is 4.64. The number of nitrogens with zero attached hydrogens (tertiary/aromatic N) is 2. The van der Waals surface area contributed by atoms with Crippen LogP contribution in [0.15, 0.2) is 34.9 Å². The standard InChI is InChI=1S/C16H18N4O3/c21-14(17-9-11-4-2-1-3-5-11)8-13-19-16(23-20-13)15(22)18-10-12-6-7-12/h1-5,12H,6-10H2,(H,17,21)(H,18,22). The van der Waals surface area contributed by atoms with E-state index in [0.29, 0.717) is 19.0 Å². The van der Waals surface area contributed by atoms with Crippen LogP contribution in [0.2, 0.25) is 0 Å². The summed E-state index contributed by atoms with van der Waals surface area (Å²) in [7, 11) is 0. The van der Waals surface area contributed by atoms with Gasteiger partial charge in [0.2, 0.25) is 5.91 Å². The second-order valence-electron chi connectivity index (χ2n) is 5.61. The summed E-state index contributed by atoms with van der Waals surface area (Å²) in [5.41, 5.74) is 1.01. The number of rotatable bonds is 7. The zero-order chi connectivity index (χ0) is 16.1. The zero-order valence-corrected chi connectivity index (χ0v) is 12.6. The summed E-state index contributed by atoms with van der Waals surface area (Å²) < 4.78 is 4.89. The highest BCUT2D eigenvalue weighted by Gasteiger charge is 2.23. The number of nitrogens with one attached hydrogen (secondary N) is 2. The molecule has 2 amide bonds. The van der Waals surface area contributed by atoms with Crippen molar-refractivity contribution in [3.63, 3.8) is 0 Å². The van der Waals surface area contributed by atoms with Crippen molar-refractivity contribution in [3.8, 4) is 0 Å². The third-order valence-corrected chi connectivity index (χ3v) is 3.56. The summed E-state index contributed by atoms with van der Waals surface area (Å²) >= 11 is 0. The molecule has 0 spiro atoms. The smallest absolute Gasteiger partial charge is 0.315 e. The predicted octanol–water partition coefficient (Wildman–Crippen LogP) is 1.07. The minimum atomic E-state index is -0.389. The molecule has 0 atom stereocenters. The fraction of sp³-hybridized carbons (Fsp3) is 0.375. The van der Waals surface area contributed by atoms with E-state index in [9.17, 15) is 9.59 Å². The van der Waals surface area contributed by atoms with Gasteiger partial charge in [0.25, 0.3) is 0 Å². The SMILES string of the molecule is O=C(Cc1noc(C(=O)NCC2CC2)n1)NCc1ccccc1. The molecule has 1 saturated carbocycles. The fourth-order valence-corrected chi connectivity index (χ4v) is 2.06. The van der Waals surface area contributed by atoms with Crippen LogP contribution in [0.3, 0.4) is 0 Å². The van der Waals surface area contributed by atoms with Crippen molar-refractivity contribution >= 4 is 11.8 Å². The lowest BCUT2D eigenvalue weighted by Crippen LogP contribution is -2.26. The Hall–Kier alpha value is -2.70. The van der Waals surface area contributed by atoms with Crippen LogP contribution in [0.4, 0.5) is 0 Å². The molecule has 0 radical (unpaired) electrons. The van der Waals surface area contributed by atoms with Crippen molar-refractivity contribution in [2.75, 3.05) is 6.54 Å². The Kier molecular flexibility index (Phi) is 4.65. The molecule has 7 nitrogen and oxygen atoms in total. The molecule has 0 saturated heterocycles. The van der Waals surface area contributed by atoms with Gasteiger partial charge in [0.1, 0.15) is 0 Å². The first-order valence-electron chi connectivity index (χ1n) is 7.62. The number of amides is 2. The first-order valence-corrected chi connectivity index (χ1v) is 7.62. The van der Waals surface area contributed by atoms with Crippen LogP contribution >= 0.6 is 0 Å². The van der Waals surface area contributed by atoms with Crippen LogP contribution in [-0.2, 0) is 17.8 Å². The Morgan fingerprint density at radius 2 is 1.96 bits per heavy atom. The maximum absolute atomic E-state index is 11.9. The van der Waals surface area contributed by atoms with Crippen molar-refractivity contribution in [2.24, 2.45) is 5.92 Å². The molecule has 3 rings (SSSR count). The average molecular weight is 314 g/mol. The highest BCUT2D eigenvalue weighted by molar-refractivity contribution is 5.89. The van der Waals surface area contributed by atoms with Gasteiger partial charge in [0, 0.05) is 13.1 Å². The second-order valence-corrected chi connectivity index (χ2v) is 5.61. The van der Waals surface area contributed by atoms with Gasteiger partial charge >= 0.3 is 11.8 Å². The maximum atomic E-state index is 11.9. The Morgan fingerprint density at radius 3 is 2.70 bits per heavy atom. The first-order chi connectivity index (χ1) is 11.2. The van der Waals surface area contributed by atoms with E-state index in [1.54, 1.807) is 0 Å². The lowest BCUT2D eigenvalue weighted by Gasteiger charge is -2.03. The van der Waals surface area contributed by atoms with Gasteiger partial charge in [-0.15, -0.1) is 0 Å². The summed E-state index contributed by atoms with van der Waals surface area (Å²) in [5.74, 6) is 0.0636. The van der Waals surface area contributed by atoms with Crippen molar-refractivity contribution in [1.82, 2.24) is 20.8 Å². The van der Waals surface area contributed by atoms with E-state index in [4.69, 9.17) is 4.52 Å². The Morgan fingerprint density at radius 1 is 1.17 bits per heavy atom. The van der Waals surface area contributed by atoms with E-state index in [-0.39, 0.29) is 30.0 Å². The maximum Gasteiger partial charge on any atom is 0.315 e. The van der Waals surface area contributed by atoms with Gasteiger partial charge in [-0.1, -0.05) is 35.5 Å². The molecule has 120 valence electrons. The van der Waals surface area contributed by atoms with Crippen LogP contribution in [-0.4, -0.2) is 28.5 Å². The topological polar surface area (TPSA) is 97.1 Å². The van der Waals surface area contributed by atoms with Crippen LogP contribution in [0.1, 0.15) is 34.9 Å². The fourth-order valence-electron chi connectivity index (χ4n) is 2.06. The monoisotopic (exact) mass is 314 g/mol. The molecule has 1 aliphatic rings. The van der Waals surface area contributed by atoms with Crippen LogP contribution in [0, 0.1) is 5.92 Å². The van der Waals surface area contributed by atoms with E-state index in [2.05, 4.69) is 20.8 Å². The van der Waals surface area contributed by atoms with E-state index in [0.717, 1.165) is 18.4 Å². The highest BCUT2D eigenvalue weighted by atomic mass is 16.5. The molecule has 2 N–H and O–H groups in total. The lowest BCUT2D eigenvalue weighted by atomic mass is 10.2. The van der Waals surface area contributed by atoms with Gasteiger partial charge in [-0.2, -0.15) is 4.98 Å². The molecular weight excluding hydrogens is 296 g/mol. The molecule has 1 heterocycles. The van der Waals surface area contributed by atoms with Gasteiger partial charge in [-0.05, 0) is 24.3 Å². The van der Waals surface area contributed by atoms with Crippen molar-refractivity contribution in [3.05, 3.63) is 47.6 Å². The third-order valence-electron chi connectivity index (χ3n) is 3.56. The van der Waals surface area contributed by atoms with Crippen LogP contribution in [0.5, 0.6) is 0 Å². The molecule has 7 heteroatoms. The van der Waals surface area contributed by atoms with E-state index in [1.165, 1.54) is 0 Å². The summed E-state index contributed by atoms with van der Waals surface area (Å²) in [6.45, 7) is 1.07. The summed E-state index contributed by atoms with van der Waals surface area (Å²) in [6.07, 6.45) is 2.28. The lowest BCUT2D eigenvalue weighted by molar-refractivity contribution is -0.120. The minimum Gasteiger partial charge on any atom is -0.352 e. The Balaban J connectivity index is 1.45. The van der Waals surface area contributed by atoms with Gasteiger partial charge in [0.15, 0.2) is 5.82 Å². The normalized spacial score (nSPS) is 13.6. The number of carbonyl (C=O) groups is 2. The zero-order valence-electron chi connectivity index (χ0n) is 12.6. The van der Waals surface area contributed by atoms with E-state index < -0.39 is 0 Å². The van der Waals surface area contributed by atoms with Gasteiger partial charge < -0.3 is 15.2 Å². The van der Waals surface area contributed by atoms with Gasteiger partial charge in [0.05, 0.1) is 6.42 Å². The first kappa shape index (κ1) is 15.2. The Bertz CT molecular complexity index is 680. The van der Waals surface area contributed by atoms with Crippen molar-refractivity contribution in [1.29, 1.82) is 0 Å². The molecule has 0 bridgehead atoms. The molecule has 23 heavy (non-hydrogen) atoms. The second kappa shape index (κ2) is 7.04. The number of benzene rings is 1. The molecule has 1 aromatic heterocycles. The van der Waals surface area contributed by atoms with Gasteiger partial charge in [-0.3, -0.25) is 9.59 Å². The molecule has 1 fully saturated rings. The molecular formula is C16H18N4O3. The van der Waals surface area contributed by atoms with Crippen LogP contribution < -0.4 is 10.6 Å². The highest BCUT2D eigenvalue weighted by Crippen LogP contribution is 2.27. The Labute approximate surface area is 133 Å². The average Bonchev–Trinajstić information content (AvgIpc) is 3.29. The predicted molar refractivity (Wildman–Crippen MR) is 81.3 cm³/mol. The summed E-state index contributed by atoms with van der Waals surface area (Å²) in [6, 6.07) is 9.59. The number of hydrogen-bond acceptors (Lipinski definition) is 5. The largest absolute Gasteiger partial charge is 0.352 e. The van der Waals surface area contributed by atoms with Crippen LogP contribution in [0.25, 0.3) is 0 Å². The summed E-state index contributed by atoms with van der Waals surface area (Å²) in [5, 5.41) is 9.18. The number of carbonyl (C=O) groups excluding carboxylic acids is 2. The molecule has 1 aliphatic carbocycles.